The van der Waals surface area contributed by atoms with E-state index in [0.717, 1.165) is 31.2 Å². The van der Waals surface area contributed by atoms with Gasteiger partial charge < -0.3 is 15.2 Å². The Labute approximate surface area is 171 Å². The van der Waals surface area contributed by atoms with Crippen molar-refractivity contribution < 1.29 is 24.2 Å². The van der Waals surface area contributed by atoms with Crippen LogP contribution in [0.2, 0.25) is 0 Å². The molecule has 0 aliphatic heterocycles. The molecule has 4 bridgehead atoms. The Bertz CT molecular complexity index is 801. The van der Waals surface area contributed by atoms with Crippen LogP contribution in [0.25, 0.3) is 0 Å². The standard InChI is InChI=1S/C23H29NO5/c1-15(25)24-12-16-2-4-19(5-3-16)20(26)13-29-21(27)11-22-7-17-6-18(8-22)10-23(28,9-17)14-22/h2-5,17-18,28H,6-14H2,1H3,(H,24,25)/t17-,18+,22?,23?. The molecule has 0 heterocycles. The second kappa shape index (κ2) is 7.56. The normalized spacial score (nSPS) is 32.1. The van der Waals surface area contributed by atoms with Crippen molar-refractivity contribution in [1.29, 1.82) is 0 Å². The molecule has 4 aliphatic carbocycles. The van der Waals surface area contributed by atoms with Gasteiger partial charge in [0, 0.05) is 19.0 Å². The van der Waals surface area contributed by atoms with Gasteiger partial charge in [-0.3, -0.25) is 14.4 Å². The van der Waals surface area contributed by atoms with Gasteiger partial charge in [-0.2, -0.15) is 0 Å². The molecule has 2 N–H and O–H groups in total. The van der Waals surface area contributed by atoms with Gasteiger partial charge in [0.05, 0.1) is 12.0 Å². The van der Waals surface area contributed by atoms with Crippen molar-refractivity contribution in [1.82, 2.24) is 5.32 Å². The molecular formula is C23H29NO5. The molecule has 1 aromatic rings. The molecule has 1 amide bonds. The van der Waals surface area contributed by atoms with E-state index >= 15 is 0 Å². The average molecular weight is 399 g/mol. The number of ketones is 1. The van der Waals surface area contributed by atoms with Crippen molar-refractivity contribution in [3.8, 4) is 0 Å². The van der Waals surface area contributed by atoms with E-state index < -0.39 is 5.60 Å². The number of esters is 1. The van der Waals surface area contributed by atoms with E-state index in [1.165, 1.54) is 13.3 Å². The fourth-order valence-electron chi connectivity index (χ4n) is 6.23. The molecule has 2 unspecified atom stereocenters. The molecule has 5 rings (SSSR count). The second-order valence-electron chi connectivity index (χ2n) is 9.55. The van der Waals surface area contributed by atoms with Crippen LogP contribution in [0.1, 0.15) is 67.8 Å². The van der Waals surface area contributed by atoms with Crippen molar-refractivity contribution in [2.45, 2.75) is 64.0 Å². The first kappa shape index (κ1) is 20.1. The highest BCUT2D eigenvalue weighted by molar-refractivity contribution is 5.98. The molecule has 1 aromatic carbocycles. The molecule has 6 heteroatoms. The lowest BCUT2D eigenvalue weighted by molar-refractivity contribution is -0.176. The predicted octanol–water partition coefficient (Wildman–Crippen LogP) is 2.77. The summed E-state index contributed by atoms with van der Waals surface area (Å²) in [6.07, 6.45) is 5.88. The van der Waals surface area contributed by atoms with Crippen LogP contribution in [0.15, 0.2) is 24.3 Å². The minimum absolute atomic E-state index is 0.108. The number of ether oxygens (including phenoxy) is 1. The number of hydrogen-bond donors (Lipinski definition) is 2. The van der Waals surface area contributed by atoms with E-state index in [1.54, 1.807) is 24.3 Å². The van der Waals surface area contributed by atoms with E-state index in [0.29, 0.717) is 36.8 Å². The van der Waals surface area contributed by atoms with Crippen LogP contribution in [-0.2, 0) is 20.9 Å². The molecule has 4 atom stereocenters. The first-order chi connectivity index (χ1) is 13.7. The van der Waals surface area contributed by atoms with Crippen molar-refractivity contribution in [3.63, 3.8) is 0 Å². The molecular weight excluding hydrogens is 370 g/mol. The molecule has 0 radical (unpaired) electrons. The molecule has 156 valence electrons. The molecule has 6 nitrogen and oxygen atoms in total. The molecule has 0 saturated heterocycles. The van der Waals surface area contributed by atoms with Gasteiger partial charge in [-0.05, 0) is 61.3 Å². The Balaban J connectivity index is 1.28. The molecule has 0 spiro atoms. The van der Waals surface area contributed by atoms with Gasteiger partial charge in [0.15, 0.2) is 12.4 Å². The first-order valence-electron chi connectivity index (χ1n) is 10.5. The van der Waals surface area contributed by atoms with Gasteiger partial charge in [-0.25, -0.2) is 0 Å². The third-order valence-electron chi connectivity index (χ3n) is 6.85. The molecule has 4 aliphatic rings. The summed E-state index contributed by atoms with van der Waals surface area (Å²) in [5.41, 5.74) is 0.630. The Kier molecular flexibility index (Phi) is 5.23. The zero-order valence-corrected chi connectivity index (χ0v) is 16.9. The minimum Gasteiger partial charge on any atom is -0.457 e. The number of nitrogens with one attached hydrogen (secondary N) is 1. The first-order valence-corrected chi connectivity index (χ1v) is 10.5. The van der Waals surface area contributed by atoms with Crippen LogP contribution in [0.4, 0.5) is 0 Å². The Morgan fingerprint density at radius 3 is 2.34 bits per heavy atom. The molecule has 4 fully saturated rings. The van der Waals surface area contributed by atoms with Crippen molar-refractivity contribution in [2.24, 2.45) is 17.3 Å². The van der Waals surface area contributed by atoms with Crippen molar-refractivity contribution >= 4 is 17.7 Å². The number of aliphatic hydroxyl groups is 1. The summed E-state index contributed by atoms with van der Waals surface area (Å²) < 4.78 is 5.31. The molecule has 0 aromatic heterocycles. The smallest absolute Gasteiger partial charge is 0.306 e. The fraction of sp³-hybridized carbons (Fsp3) is 0.609. The van der Waals surface area contributed by atoms with Gasteiger partial charge in [0.25, 0.3) is 0 Å². The maximum absolute atomic E-state index is 12.5. The Morgan fingerprint density at radius 1 is 1.10 bits per heavy atom. The summed E-state index contributed by atoms with van der Waals surface area (Å²) in [5.74, 6) is 0.348. The molecule has 4 saturated carbocycles. The number of Topliss-reactive ketones (excluding diaryl/α,β-unsaturated/α-hetero) is 1. The van der Waals surface area contributed by atoms with Crippen molar-refractivity contribution in [2.75, 3.05) is 6.61 Å². The van der Waals surface area contributed by atoms with Gasteiger partial charge in [-0.1, -0.05) is 24.3 Å². The lowest BCUT2D eigenvalue weighted by atomic mass is 9.47. The minimum atomic E-state index is -0.598. The van der Waals surface area contributed by atoms with E-state index in [-0.39, 0.29) is 29.7 Å². The lowest BCUT2D eigenvalue weighted by Gasteiger charge is -2.60. The Morgan fingerprint density at radius 2 is 1.76 bits per heavy atom. The Hall–Kier alpha value is -2.21. The van der Waals surface area contributed by atoms with Crippen LogP contribution in [-0.4, -0.2) is 35.0 Å². The number of benzene rings is 1. The predicted molar refractivity (Wildman–Crippen MR) is 106 cm³/mol. The topological polar surface area (TPSA) is 92.7 Å². The highest BCUT2D eigenvalue weighted by Crippen LogP contribution is 2.62. The molecule has 29 heavy (non-hydrogen) atoms. The third kappa shape index (κ3) is 4.53. The van der Waals surface area contributed by atoms with Crippen LogP contribution in [0.3, 0.4) is 0 Å². The summed E-state index contributed by atoms with van der Waals surface area (Å²) in [5, 5.41) is 13.5. The zero-order chi connectivity index (χ0) is 20.6. The van der Waals surface area contributed by atoms with Gasteiger partial charge in [0.2, 0.25) is 5.91 Å². The summed E-state index contributed by atoms with van der Waals surface area (Å²) in [4.78, 5) is 35.8. The highest BCUT2D eigenvalue weighted by atomic mass is 16.5. The van der Waals surface area contributed by atoms with Crippen LogP contribution >= 0.6 is 0 Å². The van der Waals surface area contributed by atoms with Crippen LogP contribution in [0.5, 0.6) is 0 Å². The van der Waals surface area contributed by atoms with Gasteiger partial charge in [-0.15, -0.1) is 0 Å². The van der Waals surface area contributed by atoms with Crippen LogP contribution < -0.4 is 5.32 Å². The van der Waals surface area contributed by atoms with Crippen molar-refractivity contribution in [3.05, 3.63) is 35.4 Å². The third-order valence-corrected chi connectivity index (χ3v) is 6.85. The van der Waals surface area contributed by atoms with Gasteiger partial charge in [0.1, 0.15) is 0 Å². The number of amides is 1. The zero-order valence-electron chi connectivity index (χ0n) is 16.9. The fourth-order valence-corrected chi connectivity index (χ4v) is 6.23. The van der Waals surface area contributed by atoms with Crippen LogP contribution in [0, 0.1) is 17.3 Å². The number of carbonyl (C=O) groups is 3. The summed E-state index contributed by atoms with van der Waals surface area (Å²) in [7, 11) is 0. The number of carbonyl (C=O) groups excluding carboxylic acids is 3. The maximum Gasteiger partial charge on any atom is 0.306 e. The SMILES string of the molecule is CC(=O)NCc1ccc(C(=O)COC(=O)CC23C[C@@H]4C[C@@H](CC(O)(C4)C2)C3)cc1. The number of rotatable bonds is 7. The monoisotopic (exact) mass is 399 g/mol. The van der Waals surface area contributed by atoms with E-state index in [2.05, 4.69) is 5.32 Å². The summed E-state index contributed by atoms with van der Waals surface area (Å²) >= 11 is 0. The quantitative estimate of drug-likeness (QED) is 0.543. The maximum atomic E-state index is 12.5. The number of hydrogen-bond acceptors (Lipinski definition) is 5. The van der Waals surface area contributed by atoms with E-state index in [4.69, 9.17) is 4.74 Å². The summed E-state index contributed by atoms with van der Waals surface area (Å²) in [6.45, 7) is 1.60. The van der Waals surface area contributed by atoms with Gasteiger partial charge >= 0.3 is 5.97 Å². The average Bonchev–Trinajstić information content (AvgIpc) is 2.62. The largest absolute Gasteiger partial charge is 0.457 e. The van der Waals surface area contributed by atoms with E-state index in [9.17, 15) is 19.5 Å². The highest BCUT2D eigenvalue weighted by Gasteiger charge is 2.57. The summed E-state index contributed by atoms with van der Waals surface area (Å²) in [6, 6.07) is 6.92. The second-order valence-corrected chi connectivity index (χ2v) is 9.55. The lowest BCUT2D eigenvalue weighted by Crippen LogP contribution is -2.56. The van der Waals surface area contributed by atoms with E-state index in [1.807, 2.05) is 0 Å².